The van der Waals surface area contributed by atoms with Crippen LogP contribution in [0.2, 0.25) is 0 Å². The Balaban J connectivity index is 1.71. The highest BCUT2D eigenvalue weighted by Crippen LogP contribution is 2.30. The fourth-order valence-corrected chi connectivity index (χ4v) is 3.33. The monoisotopic (exact) mass is 333 g/mol. The van der Waals surface area contributed by atoms with E-state index in [1.807, 2.05) is 33.3 Å². The minimum Gasteiger partial charge on any atom is -0.387 e. The molecule has 0 bridgehead atoms. The van der Waals surface area contributed by atoms with E-state index in [9.17, 15) is 9.50 Å². The lowest BCUT2D eigenvalue weighted by Crippen LogP contribution is -2.49. The Kier molecular flexibility index (Phi) is 4.71. The van der Waals surface area contributed by atoms with Gasteiger partial charge in [-0.2, -0.15) is 5.10 Å². The molecule has 6 heteroatoms. The quantitative estimate of drug-likeness (QED) is 0.931. The largest absolute Gasteiger partial charge is 0.387 e. The number of halogens is 1. The topological polar surface area (TPSA) is 50.5 Å². The molecule has 2 aromatic rings. The van der Waals surface area contributed by atoms with Gasteiger partial charge in [0.15, 0.2) is 0 Å². The number of aliphatic hydroxyl groups is 1. The molecule has 3 rings (SSSR count). The van der Waals surface area contributed by atoms with E-state index in [1.54, 1.807) is 10.7 Å². The van der Waals surface area contributed by atoms with E-state index >= 15 is 0 Å². The van der Waals surface area contributed by atoms with Gasteiger partial charge in [-0.05, 0) is 37.1 Å². The van der Waals surface area contributed by atoms with Crippen LogP contribution in [0.25, 0.3) is 0 Å². The van der Waals surface area contributed by atoms with Gasteiger partial charge in [-0.3, -0.25) is 9.58 Å². The predicted molar refractivity (Wildman–Crippen MR) is 89.0 cm³/mol. The Morgan fingerprint density at radius 3 is 2.92 bits per heavy atom. The summed E-state index contributed by atoms with van der Waals surface area (Å²) in [6.45, 7) is 6.39. The van der Waals surface area contributed by atoms with Gasteiger partial charge in [0, 0.05) is 38.4 Å². The lowest BCUT2D eigenvalue weighted by Gasteiger charge is -2.40. The molecule has 0 radical (unpaired) electrons. The molecule has 1 fully saturated rings. The van der Waals surface area contributed by atoms with E-state index in [-0.39, 0.29) is 5.82 Å². The molecule has 1 saturated heterocycles. The molecule has 130 valence electrons. The van der Waals surface area contributed by atoms with Gasteiger partial charge in [0.25, 0.3) is 0 Å². The maximum Gasteiger partial charge on any atom is 0.123 e. The van der Waals surface area contributed by atoms with Crippen molar-refractivity contribution in [1.82, 2.24) is 14.7 Å². The number of ether oxygens (including phenoxy) is 1. The van der Waals surface area contributed by atoms with Gasteiger partial charge in [0.1, 0.15) is 11.4 Å². The number of aromatic nitrogens is 2. The molecule has 1 aliphatic heterocycles. The number of β-amino-alcohol motifs (C(OH)–C–C–N with tert-alkyl or cyclic N) is 1. The first-order chi connectivity index (χ1) is 11.4. The van der Waals surface area contributed by atoms with Crippen LogP contribution in [0.5, 0.6) is 0 Å². The van der Waals surface area contributed by atoms with Crippen molar-refractivity contribution in [3.8, 4) is 0 Å². The Bertz CT molecular complexity index is 718. The number of hydrogen-bond acceptors (Lipinski definition) is 4. The third kappa shape index (κ3) is 3.50. The first kappa shape index (κ1) is 17.1. The van der Waals surface area contributed by atoms with E-state index in [2.05, 4.69) is 10.00 Å². The van der Waals surface area contributed by atoms with Gasteiger partial charge in [-0.15, -0.1) is 0 Å². The zero-order valence-electron chi connectivity index (χ0n) is 14.4. The zero-order valence-corrected chi connectivity index (χ0v) is 14.4. The fourth-order valence-electron chi connectivity index (χ4n) is 3.33. The van der Waals surface area contributed by atoms with Crippen LogP contribution in [0.1, 0.15) is 29.7 Å². The third-order valence-corrected chi connectivity index (χ3v) is 4.69. The van der Waals surface area contributed by atoms with Crippen LogP contribution < -0.4 is 0 Å². The summed E-state index contributed by atoms with van der Waals surface area (Å²) in [6, 6.07) is 4.51. The number of aryl methyl sites for hydroxylation is 2. The summed E-state index contributed by atoms with van der Waals surface area (Å²) in [7, 11) is 1.88. The van der Waals surface area contributed by atoms with Crippen molar-refractivity contribution in [2.75, 3.05) is 26.2 Å². The van der Waals surface area contributed by atoms with Crippen molar-refractivity contribution in [2.45, 2.75) is 25.6 Å². The second kappa shape index (κ2) is 6.63. The maximum atomic E-state index is 13.2. The van der Waals surface area contributed by atoms with Gasteiger partial charge >= 0.3 is 0 Å². The molecule has 2 unspecified atom stereocenters. The summed E-state index contributed by atoms with van der Waals surface area (Å²) in [5.41, 5.74) is 2.13. The third-order valence-electron chi connectivity index (χ3n) is 4.69. The summed E-state index contributed by atoms with van der Waals surface area (Å²) in [5.74, 6) is -0.279. The Labute approximate surface area is 141 Å². The molecular formula is C18H24FN3O2. The van der Waals surface area contributed by atoms with E-state index in [0.29, 0.717) is 19.7 Å². The lowest BCUT2D eigenvalue weighted by molar-refractivity contribution is -0.109. The highest BCUT2D eigenvalue weighted by molar-refractivity contribution is 5.28. The van der Waals surface area contributed by atoms with Gasteiger partial charge in [0.2, 0.25) is 0 Å². The number of rotatable bonds is 4. The Morgan fingerprint density at radius 1 is 1.46 bits per heavy atom. The fraction of sp³-hybridized carbons (Fsp3) is 0.500. The van der Waals surface area contributed by atoms with Crippen LogP contribution >= 0.6 is 0 Å². The average Bonchev–Trinajstić information content (AvgIpc) is 2.94. The van der Waals surface area contributed by atoms with E-state index < -0.39 is 11.7 Å². The second-order valence-corrected chi connectivity index (χ2v) is 6.73. The van der Waals surface area contributed by atoms with Crippen molar-refractivity contribution in [3.63, 3.8) is 0 Å². The molecule has 1 N–H and O–H groups in total. The Hall–Kier alpha value is -1.76. The average molecular weight is 333 g/mol. The number of nitrogens with zero attached hydrogens (tertiary/aromatic N) is 3. The van der Waals surface area contributed by atoms with Crippen LogP contribution in [-0.2, 0) is 17.4 Å². The highest BCUT2D eigenvalue weighted by atomic mass is 19.1. The number of benzene rings is 1. The summed E-state index contributed by atoms with van der Waals surface area (Å²) in [4.78, 5) is 2.18. The van der Waals surface area contributed by atoms with Crippen molar-refractivity contribution in [2.24, 2.45) is 7.05 Å². The SMILES string of the molecule is Cc1cc(F)ccc1C(O)CN1CCOC(C)(c2cnn(C)c2)C1. The maximum absolute atomic E-state index is 13.2. The molecule has 0 saturated carbocycles. The number of hydrogen-bond donors (Lipinski definition) is 1. The van der Waals surface area contributed by atoms with Crippen molar-refractivity contribution in [1.29, 1.82) is 0 Å². The molecule has 24 heavy (non-hydrogen) atoms. The minimum absolute atomic E-state index is 0.279. The van der Waals surface area contributed by atoms with E-state index in [0.717, 1.165) is 23.2 Å². The zero-order chi connectivity index (χ0) is 17.3. The number of morpholine rings is 1. The summed E-state index contributed by atoms with van der Waals surface area (Å²) in [5, 5.41) is 14.8. The summed E-state index contributed by atoms with van der Waals surface area (Å²) in [6.07, 6.45) is 3.13. The van der Waals surface area contributed by atoms with Gasteiger partial charge < -0.3 is 9.84 Å². The molecule has 0 aliphatic carbocycles. The van der Waals surface area contributed by atoms with Gasteiger partial charge in [0.05, 0.1) is 18.9 Å². The smallest absolute Gasteiger partial charge is 0.123 e. The molecule has 1 aliphatic rings. The number of aliphatic hydroxyl groups excluding tert-OH is 1. The Morgan fingerprint density at radius 2 is 2.25 bits per heavy atom. The van der Waals surface area contributed by atoms with Crippen molar-refractivity contribution >= 4 is 0 Å². The first-order valence-electron chi connectivity index (χ1n) is 8.17. The highest BCUT2D eigenvalue weighted by Gasteiger charge is 2.35. The predicted octanol–water partition coefficient (Wildman–Crippen LogP) is 2.15. The van der Waals surface area contributed by atoms with Crippen molar-refractivity contribution < 1.29 is 14.2 Å². The van der Waals surface area contributed by atoms with Gasteiger partial charge in [-0.1, -0.05) is 6.07 Å². The van der Waals surface area contributed by atoms with Gasteiger partial charge in [-0.25, -0.2) is 4.39 Å². The molecule has 0 spiro atoms. The standard InChI is InChI=1S/C18H24FN3O2/c1-13-8-15(19)4-5-16(13)17(23)11-22-6-7-24-18(2,12-22)14-9-20-21(3)10-14/h4-5,8-10,17,23H,6-7,11-12H2,1-3H3. The second-order valence-electron chi connectivity index (χ2n) is 6.73. The normalized spacial score (nSPS) is 23.4. The molecule has 2 heterocycles. The van der Waals surface area contributed by atoms with E-state index in [4.69, 9.17) is 4.74 Å². The van der Waals surface area contributed by atoms with Crippen LogP contribution in [0, 0.1) is 12.7 Å². The molecular weight excluding hydrogens is 309 g/mol. The van der Waals surface area contributed by atoms with Crippen LogP contribution in [-0.4, -0.2) is 46.0 Å². The van der Waals surface area contributed by atoms with Crippen molar-refractivity contribution in [3.05, 3.63) is 53.1 Å². The first-order valence-corrected chi connectivity index (χ1v) is 8.17. The van der Waals surface area contributed by atoms with Crippen LogP contribution in [0.3, 0.4) is 0 Å². The molecule has 5 nitrogen and oxygen atoms in total. The van der Waals surface area contributed by atoms with Crippen LogP contribution in [0.4, 0.5) is 4.39 Å². The summed E-state index contributed by atoms with van der Waals surface area (Å²) < 4.78 is 21.0. The molecule has 1 aromatic carbocycles. The lowest BCUT2D eigenvalue weighted by atomic mass is 9.96. The minimum atomic E-state index is -0.651. The van der Waals surface area contributed by atoms with E-state index in [1.165, 1.54) is 12.1 Å². The molecule has 1 aromatic heterocycles. The van der Waals surface area contributed by atoms with Crippen LogP contribution in [0.15, 0.2) is 30.6 Å². The summed E-state index contributed by atoms with van der Waals surface area (Å²) >= 11 is 0. The molecule has 2 atom stereocenters. The molecule has 0 amide bonds.